The minimum Gasteiger partial charge on any atom is -0.348 e. The van der Waals surface area contributed by atoms with E-state index in [1.54, 1.807) is 12.5 Å². The van der Waals surface area contributed by atoms with Crippen LogP contribution in [0.4, 0.5) is 0 Å². The predicted molar refractivity (Wildman–Crippen MR) is 197 cm³/mol. The van der Waals surface area contributed by atoms with Gasteiger partial charge < -0.3 is 10.3 Å². The lowest BCUT2D eigenvalue weighted by Crippen LogP contribution is -2.49. The van der Waals surface area contributed by atoms with Gasteiger partial charge in [-0.2, -0.15) is 0 Å². The Morgan fingerprint density at radius 3 is 1.28 bits per heavy atom. The molecule has 0 aromatic carbocycles. The summed E-state index contributed by atoms with van der Waals surface area (Å²) in [6.07, 6.45) is 39.7. The van der Waals surface area contributed by atoms with Crippen LogP contribution in [0.1, 0.15) is 212 Å². The third-order valence-electron chi connectivity index (χ3n) is 9.41. The molecule has 7 nitrogen and oxygen atoms in total. The first-order valence-corrected chi connectivity index (χ1v) is 20.2. The zero-order valence-corrected chi connectivity index (χ0v) is 30.8. The van der Waals surface area contributed by atoms with E-state index in [2.05, 4.69) is 34.4 Å². The highest BCUT2D eigenvalue weighted by Crippen LogP contribution is 2.15. The van der Waals surface area contributed by atoms with Crippen molar-refractivity contribution in [1.82, 2.24) is 20.6 Å². The molecule has 47 heavy (non-hydrogen) atoms. The number of rotatable bonds is 34. The van der Waals surface area contributed by atoms with E-state index in [1.165, 1.54) is 141 Å². The molecule has 0 aliphatic heterocycles. The molecule has 0 spiro atoms. The fourth-order valence-electron chi connectivity index (χ4n) is 6.34. The molecule has 0 fully saturated rings. The summed E-state index contributed by atoms with van der Waals surface area (Å²) < 4.78 is 0. The second kappa shape index (κ2) is 32.4. The van der Waals surface area contributed by atoms with Gasteiger partial charge in [0.1, 0.15) is 6.04 Å². The monoisotopic (exact) mass is 659 g/mol. The Hall–Kier alpha value is -2.18. The number of carbonyl (C=O) groups is 3. The number of aromatic nitrogens is 2. The molecular formula is C40H74N4O3. The molecule has 0 bridgehead atoms. The van der Waals surface area contributed by atoms with Gasteiger partial charge >= 0.3 is 0 Å². The molecule has 1 aromatic heterocycles. The molecule has 0 saturated carbocycles. The van der Waals surface area contributed by atoms with Gasteiger partial charge in [0, 0.05) is 31.2 Å². The van der Waals surface area contributed by atoms with Crippen molar-refractivity contribution in [2.24, 2.45) is 0 Å². The van der Waals surface area contributed by atoms with Crippen LogP contribution in [-0.4, -0.2) is 33.7 Å². The molecule has 0 unspecified atom stereocenters. The van der Waals surface area contributed by atoms with Crippen LogP contribution in [0.5, 0.6) is 0 Å². The summed E-state index contributed by atoms with van der Waals surface area (Å²) in [7, 11) is 0. The fourth-order valence-corrected chi connectivity index (χ4v) is 6.34. The molecule has 1 rings (SSSR count). The van der Waals surface area contributed by atoms with E-state index in [9.17, 15) is 14.4 Å². The number of H-pyrrole nitrogens is 1. The van der Waals surface area contributed by atoms with Crippen molar-refractivity contribution in [3.8, 4) is 0 Å². The first kappa shape index (κ1) is 42.8. The van der Waals surface area contributed by atoms with Gasteiger partial charge in [-0.1, -0.05) is 181 Å². The van der Waals surface area contributed by atoms with Gasteiger partial charge in [0.05, 0.1) is 6.33 Å². The van der Waals surface area contributed by atoms with Gasteiger partial charge in [-0.25, -0.2) is 4.98 Å². The highest BCUT2D eigenvalue weighted by Gasteiger charge is 2.23. The van der Waals surface area contributed by atoms with Crippen molar-refractivity contribution in [3.63, 3.8) is 0 Å². The number of imidazole rings is 1. The zero-order chi connectivity index (χ0) is 34.0. The Bertz CT molecular complexity index is 858. The number of hydrogen-bond acceptors (Lipinski definition) is 4. The van der Waals surface area contributed by atoms with Crippen LogP contribution >= 0.6 is 0 Å². The summed E-state index contributed by atoms with van der Waals surface area (Å²) in [5.41, 5.74) is 0.751. The van der Waals surface area contributed by atoms with E-state index in [1.807, 2.05) is 0 Å². The van der Waals surface area contributed by atoms with Crippen molar-refractivity contribution < 1.29 is 14.4 Å². The second-order valence-electron chi connectivity index (χ2n) is 14.0. The molecule has 0 saturated heterocycles. The molecule has 1 atom stereocenters. The van der Waals surface area contributed by atoms with Crippen LogP contribution in [0, 0.1) is 0 Å². The fraction of sp³-hybridized carbons (Fsp3) is 0.850. The van der Waals surface area contributed by atoms with Crippen LogP contribution in [0.2, 0.25) is 0 Å². The number of nitrogens with one attached hydrogen (secondary N) is 3. The molecule has 0 aliphatic carbocycles. The molecule has 272 valence electrons. The van der Waals surface area contributed by atoms with E-state index in [4.69, 9.17) is 0 Å². The molecule has 7 heteroatoms. The number of aromatic amines is 1. The Morgan fingerprint density at radius 1 is 0.553 bits per heavy atom. The number of unbranched alkanes of at least 4 members (excludes halogenated alkanes) is 26. The normalized spacial score (nSPS) is 11.9. The first-order valence-electron chi connectivity index (χ1n) is 20.2. The molecule has 1 heterocycles. The molecule has 3 amide bonds. The standard InChI is InChI=1S/C40H74N4O3/c1-3-5-7-9-11-13-15-17-18-20-22-23-25-27-29-31-38(45)43-37(33-36-34-41-35-42-36)40(47)44-39(46)32-30-28-26-24-21-19-16-14-12-10-8-6-4-2/h34-35,37H,3-33H2,1-2H3,(H,41,42)(H,43,45)(H,44,46,47)/t37-/m0/s1. The zero-order valence-electron chi connectivity index (χ0n) is 30.8. The second-order valence-corrected chi connectivity index (χ2v) is 14.0. The summed E-state index contributed by atoms with van der Waals surface area (Å²) in [6.45, 7) is 4.53. The van der Waals surface area contributed by atoms with Gasteiger partial charge in [0.15, 0.2) is 0 Å². The van der Waals surface area contributed by atoms with Crippen LogP contribution in [0.25, 0.3) is 0 Å². The smallest absolute Gasteiger partial charge is 0.249 e. The van der Waals surface area contributed by atoms with Gasteiger partial charge in [0.2, 0.25) is 17.7 Å². The van der Waals surface area contributed by atoms with Crippen LogP contribution < -0.4 is 10.6 Å². The highest BCUT2D eigenvalue weighted by molar-refractivity contribution is 5.99. The molecule has 3 N–H and O–H groups in total. The average Bonchev–Trinajstić information content (AvgIpc) is 3.58. The lowest BCUT2D eigenvalue weighted by atomic mass is 10.0. The molecule has 0 aliphatic rings. The van der Waals surface area contributed by atoms with Crippen LogP contribution in [0.15, 0.2) is 12.5 Å². The van der Waals surface area contributed by atoms with E-state index < -0.39 is 11.9 Å². The first-order chi connectivity index (χ1) is 23.1. The van der Waals surface area contributed by atoms with Gasteiger partial charge in [-0.15, -0.1) is 0 Å². The summed E-state index contributed by atoms with van der Waals surface area (Å²) in [6, 6.07) is -0.796. The third kappa shape index (κ3) is 27.5. The van der Waals surface area contributed by atoms with E-state index in [0.717, 1.165) is 44.2 Å². The third-order valence-corrected chi connectivity index (χ3v) is 9.41. The lowest BCUT2D eigenvalue weighted by Gasteiger charge is -2.17. The number of hydrogen-bond donors (Lipinski definition) is 3. The van der Waals surface area contributed by atoms with E-state index in [0.29, 0.717) is 12.8 Å². The van der Waals surface area contributed by atoms with Gasteiger partial charge in [-0.05, 0) is 12.8 Å². The van der Waals surface area contributed by atoms with Gasteiger partial charge in [-0.3, -0.25) is 19.7 Å². The quantitative estimate of drug-likeness (QED) is 0.0641. The van der Waals surface area contributed by atoms with Crippen molar-refractivity contribution in [2.75, 3.05) is 0 Å². The van der Waals surface area contributed by atoms with Crippen molar-refractivity contribution in [3.05, 3.63) is 18.2 Å². The maximum Gasteiger partial charge on any atom is 0.249 e. The van der Waals surface area contributed by atoms with Gasteiger partial charge in [0.25, 0.3) is 0 Å². The Kier molecular flexibility index (Phi) is 29.5. The molecular weight excluding hydrogens is 584 g/mol. The van der Waals surface area contributed by atoms with E-state index >= 15 is 0 Å². The Morgan fingerprint density at radius 2 is 0.915 bits per heavy atom. The maximum absolute atomic E-state index is 13.0. The predicted octanol–water partition coefficient (Wildman–Crippen LogP) is 10.8. The summed E-state index contributed by atoms with van der Waals surface area (Å²) in [4.78, 5) is 45.2. The summed E-state index contributed by atoms with van der Waals surface area (Å²) in [5.74, 6) is -0.836. The van der Waals surface area contributed by atoms with Crippen LogP contribution in [-0.2, 0) is 20.8 Å². The minimum absolute atomic E-state index is 0.136. The summed E-state index contributed by atoms with van der Waals surface area (Å²) >= 11 is 0. The average molecular weight is 659 g/mol. The van der Waals surface area contributed by atoms with E-state index in [-0.39, 0.29) is 18.2 Å². The number of amides is 3. The topological polar surface area (TPSA) is 104 Å². The number of carbonyl (C=O) groups excluding carboxylic acids is 3. The maximum atomic E-state index is 13.0. The van der Waals surface area contributed by atoms with Crippen LogP contribution in [0.3, 0.4) is 0 Å². The van der Waals surface area contributed by atoms with Crippen molar-refractivity contribution >= 4 is 17.7 Å². The number of imide groups is 1. The minimum atomic E-state index is -0.796. The largest absolute Gasteiger partial charge is 0.348 e. The van der Waals surface area contributed by atoms with Crippen molar-refractivity contribution in [2.45, 2.75) is 219 Å². The number of nitrogens with zero attached hydrogens (tertiary/aromatic N) is 1. The Balaban J connectivity index is 2.14. The highest BCUT2D eigenvalue weighted by atomic mass is 16.2. The SMILES string of the molecule is CCCCCCCCCCCCCCCCCC(=O)N[C@@H](Cc1cnc[nH]1)C(=O)NC(=O)CCCCCCCCCCCCCCC. The Labute approximate surface area is 289 Å². The molecule has 1 aromatic rings. The molecule has 0 radical (unpaired) electrons. The summed E-state index contributed by atoms with van der Waals surface area (Å²) in [5, 5.41) is 5.41. The van der Waals surface area contributed by atoms with Crippen molar-refractivity contribution in [1.29, 1.82) is 0 Å². The lowest BCUT2D eigenvalue weighted by molar-refractivity contribution is -0.134.